The van der Waals surface area contributed by atoms with Crippen molar-refractivity contribution >= 4 is 16.2 Å². The van der Waals surface area contributed by atoms with Gasteiger partial charge in [-0.05, 0) is 25.2 Å². The fraction of sp³-hybridized carbons (Fsp3) is 0.727. The zero-order valence-electron chi connectivity index (χ0n) is 10.5. The first-order valence-corrected chi connectivity index (χ1v) is 7.42. The molecule has 6 nitrogen and oxygen atoms in total. The van der Waals surface area contributed by atoms with E-state index < -0.39 is 22.2 Å². The fourth-order valence-electron chi connectivity index (χ4n) is 1.98. The minimum Gasteiger partial charge on any atom is -0.480 e. The predicted octanol–water partition coefficient (Wildman–Crippen LogP) is 0.582. The molecule has 1 aliphatic heterocycles. The molecule has 2 N–H and O–H groups in total. The summed E-state index contributed by atoms with van der Waals surface area (Å²) in [4.78, 5) is 10.9. The highest BCUT2D eigenvalue weighted by atomic mass is 32.2. The van der Waals surface area contributed by atoms with Crippen LogP contribution in [-0.2, 0) is 15.0 Å². The molecule has 0 aromatic rings. The molecule has 1 fully saturated rings. The molecule has 104 valence electrons. The van der Waals surface area contributed by atoms with E-state index in [9.17, 15) is 13.2 Å². The van der Waals surface area contributed by atoms with Gasteiger partial charge in [0, 0.05) is 13.1 Å². The summed E-state index contributed by atoms with van der Waals surface area (Å²) < 4.78 is 27.6. The Labute approximate surface area is 108 Å². The highest BCUT2D eigenvalue weighted by Gasteiger charge is 2.30. The molecule has 18 heavy (non-hydrogen) atoms. The minimum absolute atomic E-state index is 0.0674. The Kier molecular flexibility index (Phi) is 5.30. The minimum atomic E-state index is -3.73. The van der Waals surface area contributed by atoms with Crippen molar-refractivity contribution in [1.29, 1.82) is 0 Å². The summed E-state index contributed by atoms with van der Waals surface area (Å²) in [6.45, 7) is 6.30. The van der Waals surface area contributed by atoms with Crippen LogP contribution in [0.15, 0.2) is 12.7 Å². The van der Waals surface area contributed by atoms with Gasteiger partial charge in [-0.1, -0.05) is 13.0 Å². The van der Waals surface area contributed by atoms with Crippen LogP contribution in [-0.4, -0.2) is 42.9 Å². The summed E-state index contributed by atoms with van der Waals surface area (Å²) >= 11 is 0. The van der Waals surface area contributed by atoms with Gasteiger partial charge in [-0.3, -0.25) is 4.79 Å². The van der Waals surface area contributed by atoms with Gasteiger partial charge < -0.3 is 5.11 Å². The Morgan fingerprint density at radius 2 is 2.33 bits per heavy atom. The average Bonchev–Trinajstić information content (AvgIpc) is 2.28. The van der Waals surface area contributed by atoms with Crippen LogP contribution >= 0.6 is 0 Å². The van der Waals surface area contributed by atoms with Crippen LogP contribution in [0.2, 0.25) is 0 Å². The van der Waals surface area contributed by atoms with Gasteiger partial charge in [-0.2, -0.15) is 17.4 Å². The second kappa shape index (κ2) is 6.31. The third-order valence-electron chi connectivity index (χ3n) is 2.95. The Bertz CT molecular complexity index is 407. The number of nitrogens with one attached hydrogen (secondary N) is 1. The van der Waals surface area contributed by atoms with Crippen molar-refractivity contribution in [3.05, 3.63) is 12.7 Å². The fourth-order valence-corrected chi connectivity index (χ4v) is 3.51. The summed E-state index contributed by atoms with van der Waals surface area (Å²) in [7, 11) is -3.73. The summed E-state index contributed by atoms with van der Waals surface area (Å²) in [6.07, 6.45) is 3.26. The highest BCUT2D eigenvalue weighted by Crippen LogP contribution is 2.18. The predicted molar refractivity (Wildman–Crippen MR) is 68.3 cm³/mol. The maximum atomic E-state index is 12.0. The number of hydrogen-bond donors (Lipinski definition) is 2. The highest BCUT2D eigenvalue weighted by molar-refractivity contribution is 7.87. The first kappa shape index (κ1) is 15.1. The quantitative estimate of drug-likeness (QED) is 0.695. The van der Waals surface area contributed by atoms with Gasteiger partial charge in [0.2, 0.25) is 0 Å². The molecular weight excluding hydrogens is 256 g/mol. The van der Waals surface area contributed by atoms with Crippen molar-refractivity contribution in [2.24, 2.45) is 5.92 Å². The van der Waals surface area contributed by atoms with E-state index in [-0.39, 0.29) is 6.42 Å². The normalized spacial score (nSPS) is 23.5. The SMILES string of the molecule is C=CCC(NS(=O)(=O)N1CCCC(C)C1)C(=O)O. The van der Waals surface area contributed by atoms with Gasteiger partial charge >= 0.3 is 5.97 Å². The van der Waals surface area contributed by atoms with E-state index in [1.54, 1.807) is 0 Å². The molecule has 1 heterocycles. The van der Waals surface area contributed by atoms with E-state index in [1.165, 1.54) is 10.4 Å². The van der Waals surface area contributed by atoms with Crippen molar-refractivity contribution in [3.8, 4) is 0 Å². The van der Waals surface area contributed by atoms with Gasteiger partial charge in [-0.15, -0.1) is 6.58 Å². The first-order chi connectivity index (χ1) is 8.36. The van der Waals surface area contributed by atoms with Crippen LogP contribution in [0.25, 0.3) is 0 Å². The molecule has 0 saturated carbocycles. The zero-order valence-corrected chi connectivity index (χ0v) is 11.3. The number of carboxylic acids is 1. The third-order valence-corrected chi connectivity index (χ3v) is 4.55. The number of carboxylic acid groups (broad SMARTS) is 1. The number of hydrogen-bond acceptors (Lipinski definition) is 3. The van der Waals surface area contributed by atoms with Crippen molar-refractivity contribution in [2.45, 2.75) is 32.2 Å². The van der Waals surface area contributed by atoms with E-state index in [4.69, 9.17) is 5.11 Å². The molecule has 0 aromatic heterocycles. The molecular formula is C11H20N2O4S. The maximum absolute atomic E-state index is 12.0. The topological polar surface area (TPSA) is 86.7 Å². The van der Waals surface area contributed by atoms with Crippen molar-refractivity contribution < 1.29 is 18.3 Å². The number of nitrogens with zero attached hydrogens (tertiary/aromatic N) is 1. The zero-order chi connectivity index (χ0) is 13.8. The second-order valence-corrected chi connectivity index (χ2v) is 6.35. The van der Waals surface area contributed by atoms with Crippen LogP contribution in [0.1, 0.15) is 26.2 Å². The lowest BCUT2D eigenvalue weighted by Crippen LogP contribution is -2.50. The maximum Gasteiger partial charge on any atom is 0.322 e. The van der Waals surface area contributed by atoms with E-state index in [2.05, 4.69) is 11.3 Å². The molecule has 0 radical (unpaired) electrons. The first-order valence-electron chi connectivity index (χ1n) is 5.98. The van der Waals surface area contributed by atoms with E-state index in [1.807, 2.05) is 6.92 Å². The monoisotopic (exact) mass is 276 g/mol. The molecule has 1 rings (SSSR count). The molecule has 0 aromatic carbocycles. The molecule has 1 aliphatic rings. The van der Waals surface area contributed by atoms with E-state index in [0.29, 0.717) is 19.0 Å². The van der Waals surface area contributed by atoms with Crippen LogP contribution in [0, 0.1) is 5.92 Å². The largest absolute Gasteiger partial charge is 0.480 e. The van der Waals surface area contributed by atoms with Gasteiger partial charge in [0.05, 0.1) is 0 Å². The van der Waals surface area contributed by atoms with Gasteiger partial charge in [0.15, 0.2) is 0 Å². The lowest BCUT2D eigenvalue weighted by Gasteiger charge is -2.30. The van der Waals surface area contributed by atoms with E-state index in [0.717, 1.165) is 12.8 Å². The number of piperidine rings is 1. The molecule has 7 heteroatoms. The Morgan fingerprint density at radius 1 is 1.67 bits per heavy atom. The van der Waals surface area contributed by atoms with Gasteiger partial charge in [0.1, 0.15) is 6.04 Å². The van der Waals surface area contributed by atoms with Gasteiger partial charge in [0.25, 0.3) is 10.2 Å². The average molecular weight is 276 g/mol. The molecule has 2 unspecified atom stereocenters. The van der Waals surface area contributed by atoms with Crippen LogP contribution < -0.4 is 4.72 Å². The molecule has 0 bridgehead atoms. The number of aliphatic carboxylic acids is 1. The number of carbonyl (C=O) groups is 1. The Balaban J connectivity index is 2.73. The van der Waals surface area contributed by atoms with Crippen molar-refractivity contribution in [1.82, 2.24) is 9.03 Å². The molecule has 0 aliphatic carbocycles. The summed E-state index contributed by atoms with van der Waals surface area (Å²) in [5, 5.41) is 8.92. The summed E-state index contributed by atoms with van der Waals surface area (Å²) in [6, 6.07) is -1.15. The van der Waals surface area contributed by atoms with Crippen LogP contribution in [0.5, 0.6) is 0 Å². The second-order valence-electron chi connectivity index (χ2n) is 4.64. The Hall–Kier alpha value is -0.920. The summed E-state index contributed by atoms with van der Waals surface area (Å²) in [5.41, 5.74) is 0. The van der Waals surface area contributed by atoms with Gasteiger partial charge in [-0.25, -0.2) is 0 Å². The third kappa shape index (κ3) is 4.08. The van der Waals surface area contributed by atoms with Crippen LogP contribution in [0.4, 0.5) is 0 Å². The van der Waals surface area contributed by atoms with Crippen LogP contribution in [0.3, 0.4) is 0 Å². The smallest absolute Gasteiger partial charge is 0.322 e. The molecule has 0 spiro atoms. The van der Waals surface area contributed by atoms with Crippen molar-refractivity contribution in [3.63, 3.8) is 0 Å². The van der Waals surface area contributed by atoms with Crippen molar-refractivity contribution in [2.75, 3.05) is 13.1 Å². The molecule has 0 amide bonds. The lowest BCUT2D eigenvalue weighted by molar-refractivity contribution is -0.138. The van der Waals surface area contributed by atoms with E-state index >= 15 is 0 Å². The standard InChI is InChI=1S/C11H20N2O4S/c1-3-5-10(11(14)15)12-18(16,17)13-7-4-6-9(2)8-13/h3,9-10,12H,1,4-8H2,2H3,(H,14,15). The number of rotatable bonds is 6. The Morgan fingerprint density at radius 3 is 2.83 bits per heavy atom. The molecule has 2 atom stereocenters. The lowest BCUT2D eigenvalue weighted by atomic mass is 10.0. The summed E-state index contributed by atoms with van der Waals surface area (Å²) in [5.74, 6) is -0.887. The molecule has 1 saturated heterocycles.